The van der Waals surface area contributed by atoms with Crippen molar-refractivity contribution >= 4 is 5.97 Å². The summed E-state index contributed by atoms with van der Waals surface area (Å²) in [7, 11) is 0. The fourth-order valence-electron chi connectivity index (χ4n) is 5.48. The van der Waals surface area contributed by atoms with Gasteiger partial charge in [0.05, 0.1) is 0 Å². The van der Waals surface area contributed by atoms with E-state index in [4.69, 9.17) is 4.74 Å². The van der Waals surface area contributed by atoms with Crippen molar-refractivity contribution in [3.63, 3.8) is 0 Å². The predicted molar refractivity (Wildman–Crippen MR) is 107 cm³/mol. The van der Waals surface area contributed by atoms with Crippen LogP contribution in [0.15, 0.2) is 12.1 Å². The van der Waals surface area contributed by atoms with Gasteiger partial charge in [-0.05, 0) is 49.4 Å². The molecule has 3 rings (SSSR count). The Morgan fingerprint density at radius 3 is 2.28 bits per heavy atom. The van der Waals surface area contributed by atoms with E-state index in [-0.39, 0.29) is 12.2 Å². The van der Waals surface area contributed by atoms with E-state index in [1.807, 2.05) is 0 Å². The average molecular weight is 411 g/mol. The highest BCUT2D eigenvalue weighted by Gasteiger charge is 2.31. The third kappa shape index (κ3) is 6.23. The fourth-order valence-corrected chi connectivity index (χ4v) is 5.48. The summed E-state index contributed by atoms with van der Waals surface area (Å²) in [6.07, 6.45) is 13.9. The molecule has 5 heteroatoms. The van der Waals surface area contributed by atoms with Crippen molar-refractivity contribution in [2.45, 2.75) is 84.0 Å². The average Bonchev–Trinajstić information content (AvgIpc) is 2.71. The van der Waals surface area contributed by atoms with E-state index in [1.54, 1.807) is 0 Å². The van der Waals surface area contributed by atoms with Crippen LogP contribution >= 0.6 is 0 Å². The van der Waals surface area contributed by atoms with E-state index in [2.05, 4.69) is 6.92 Å². The van der Waals surface area contributed by atoms with E-state index >= 15 is 0 Å². The summed E-state index contributed by atoms with van der Waals surface area (Å²) in [6, 6.07) is 1.42. The molecule has 2 aliphatic rings. The molecular weight excluding hydrogens is 377 g/mol. The quantitative estimate of drug-likeness (QED) is 0.270. The first-order chi connectivity index (χ1) is 14.0. The highest BCUT2D eigenvalue weighted by Crippen LogP contribution is 2.43. The van der Waals surface area contributed by atoms with Crippen LogP contribution in [0.5, 0.6) is 5.75 Å². The van der Waals surface area contributed by atoms with Gasteiger partial charge in [0.25, 0.3) is 0 Å². The second kappa shape index (κ2) is 10.5. The normalized spacial score (nSPS) is 27.6. The zero-order valence-electron chi connectivity index (χ0n) is 17.4. The Morgan fingerprint density at radius 1 is 0.931 bits per heavy atom. The highest BCUT2D eigenvalue weighted by atomic mass is 19.2. The van der Waals surface area contributed by atoms with Crippen LogP contribution in [-0.2, 0) is 4.79 Å². The monoisotopic (exact) mass is 410 g/mol. The Morgan fingerprint density at radius 2 is 1.62 bits per heavy atom. The molecule has 0 radical (unpaired) electrons. The summed E-state index contributed by atoms with van der Waals surface area (Å²) < 4.78 is 44.5. The van der Waals surface area contributed by atoms with E-state index in [1.165, 1.54) is 57.8 Å². The molecule has 162 valence electrons. The standard InChI is InChI=1S/C24H33F3O2/c1-2-4-16-7-10-18(11-8-16)19-6-3-5-17(13-19)9-12-23(28)29-20-14-21(25)24(27)22(26)15-20/h14-19H,2-13H2,1H3/t16?,17?,18?,19-/m0/s1. The Hall–Kier alpha value is -1.52. The molecule has 2 aliphatic carbocycles. The molecule has 0 N–H and O–H groups in total. The molecule has 0 saturated heterocycles. The maximum Gasteiger partial charge on any atom is 0.311 e. The lowest BCUT2D eigenvalue weighted by Gasteiger charge is -2.38. The molecule has 2 saturated carbocycles. The van der Waals surface area contributed by atoms with Gasteiger partial charge in [0.2, 0.25) is 0 Å². The van der Waals surface area contributed by atoms with Gasteiger partial charge < -0.3 is 4.74 Å². The molecule has 0 aromatic heterocycles. The molecule has 2 fully saturated rings. The summed E-state index contributed by atoms with van der Waals surface area (Å²) >= 11 is 0. The van der Waals surface area contributed by atoms with Gasteiger partial charge in [0.15, 0.2) is 17.5 Å². The summed E-state index contributed by atoms with van der Waals surface area (Å²) in [4.78, 5) is 12.1. The summed E-state index contributed by atoms with van der Waals surface area (Å²) in [5, 5.41) is 0. The molecular formula is C24H33F3O2. The maximum absolute atomic E-state index is 13.2. The van der Waals surface area contributed by atoms with Gasteiger partial charge in [-0.1, -0.05) is 51.9 Å². The molecule has 2 atom stereocenters. The zero-order valence-corrected chi connectivity index (χ0v) is 17.4. The van der Waals surface area contributed by atoms with E-state index in [0.29, 0.717) is 18.1 Å². The molecule has 29 heavy (non-hydrogen) atoms. The predicted octanol–water partition coefficient (Wildman–Crippen LogP) is 7.20. The minimum absolute atomic E-state index is 0.223. The Kier molecular flexibility index (Phi) is 8.02. The first kappa shape index (κ1) is 22.2. The number of esters is 1. The molecule has 0 spiro atoms. The smallest absolute Gasteiger partial charge is 0.311 e. The fraction of sp³-hybridized carbons (Fsp3) is 0.708. The van der Waals surface area contributed by atoms with Crippen LogP contribution in [0.1, 0.15) is 84.0 Å². The third-order valence-electron chi connectivity index (χ3n) is 7.02. The number of carbonyl (C=O) groups excluding carboxylic acids is 1. The number of ether oxygens (including phenoxy) is 1. The molecule has 0 bridgehead atoms. The van der Waals surface area contributed by atoms with Crippen molar-refractivity contribution < 1.29 is 22.7 Å². The van der Waals surface area contributed by atoms with Crippen molar-refractivity contribution in [1.29, 1.82) is 0 Å². The van der Waals surface area contributed by atoms with Gasteiger partial charge in [-0.3, -0.25) is 4.79 Å². The van der Waals surface area contributed by atoms with Gasteiger partial charge in [0.1, 0.15) is 5.75 Å². The molecule has 1 unspecified atom stereocenters. The Labute approximate surface area is 172 Å². The van der Waals surface area contributed by atoms with Gasteiger partial charge >= 0.3 is 5.97 Å². The number of halogens is 3. The topological polar surface area (TPSA) is 26.3 Å². The zero-order chi connectivity index (χ0) is 20.8. The van der Waals surface area contributed by atoms with Crippen molar-refractivity contribution in [2.75, 3.05) is 0 Å². The summed E-state index contributed by atoms with van der Waals surface area (Å²) in [5.74, 6) is -2.01. The largest absolute Gasteiger partial charge is 0.426 e. The number of carbonyl (C=O) groups is 1. The lowest BCUT2D eigenvalue weighted by Crippen LogP contribution is -2.27. The van der Waals surface area contributed by atoms with Crippen LogP contribution < -0.4 is 4.74 Å². The molecule has 0 aliphatic heterocycles. The first-order valence-electron chi connectivity index (χ1n) is 11.3. The number of hydrogen-bond donors (Lipinski definition) is 0. The van der Waals surface area contributed by atoms with E-state index in [0.717, 1.165) is 30.6 Å². The van der Waals surface area contributed by atoms with Crippen molar-refractivity contribution in [3.8, 4) is 5.75 Å². The van der Waals surface area contributed by atoms with Crippen molar-refractivity contribution in [2.24, 2.45) is 23.7 Å². The first-order valence-corrected chi connectivity index (χ1v) is 11.3. The molecule has 1 aromatic carbocycles. The third-order valence-corrected chi connectivity index (χ3v) is 7.02. The van der Waals surface area contributed by atoms with Gasteiger partial charge in [-0.25, -0.2) is 13.2 Å². The van der Waals surface area contributed by atoms with Crippen molar-refractivity contribution in [1.82, 2.24) is 0 Å². The summed E-state index contributed by atoms with van der Waals surface area (Å²) in [6.45, 7) is 2.27. The molecule has 0 heterocycles. The minimum Gasteiger partial charge on any atom is -0.426 e. The van der Waals surface area contributed by atoms with Crippen LogP contribution in [0.2, 0.25) is 0 Å². The van der Waals surface area contributed by atoms with Crippen LogP contribution in [0.3, 0.4) is 0 Å². The Bertz CT molecular complexity index is 660. The van der Waals surface area contributed by atoms with Crippen molar-refractivity contribution in [3.05, 3.63) is 29.6 Å². The lowest BCUT2D eigenvalue weighted by atomic mass is 9.67. The SMILES string of the molecule is CCCC1CCC([C@H]2CCCC(CCC(=O)Oc3cc(F)c(F)c(F)c3)C2)CC1. The van der Waals surface area contributed by atoms with Gasteiger partial charge in [-0.15, -0.1) is 0 Å². The van der Waals surface area contributed by atoms with Crippen LogP contribution in [0.4, 0.5) is 13.2 Å². The minimum atomic E-state index is -1.55. The second-order valence-corrected chi connectivity index (χ2v) is 9.08. The van der Waals surface area contributed by atoms with Gasteiger partial charge in [-0.2, -0.15) is 0 Å². The second-order valence-electron chi connectivity index (χ2n) is 9.08. The number of rotatable bonds is 7. The summed E-state index contributed by atoms with van der Waals surface area (Å²) in [5.41, 5.74) is 0. The molecule has 1 aromatic rings. The lowest BCUT2D eigenvalue weighted by molar-refractivity contribution is -0.134. The molecule has 2 nitrogen and oxygen atoms in total. The van der Waals surface area contributed by atoms with E-state index in [9.17, 15) is 18.0 Å². The maximum atomic E-state index is 13.2. The number of benzene rings is 1. The Balaban J connectivity index is 1.43. The molecule has 0 amide bonds. The van der Waals surface area contributed by atoms with Crippen LogP contribution in [-0.4, -0.2) is 5.97 Å². The van der Waals surface area contributed by atoms with Crippen LogP contribution in [0.25, 0.3) is 0 Å². The van der Waals surface area contributed by atoms with Gasteiger partial charge in [0, 0.05) is 18.6 Å². The highest BCUT2D eigenvalue weighted by molar-refractivity contribution is 5.72. The van der Waals surface area contributed by atoms with Crippen LogP contribution in [0, 0.1) is 41.1 Å². The number of hydrogen-bond acceptors (Lipinski definition) is 2. The van der Waals surface area contributed by atoms with E-state index < -0.39 is 23.4 Å².